The summed E-state index contributed by atoms with van der Waals surface area (Å²) in [6, 6.07) is 4.72. The third-order valence-electron chi connectivity index (χ3n) is 4.89. The van der Waals surface area contributed by atoms with E-state index < -0.39 is 11.6 Å². The molecule has 0 aromatic heterocycles. The monoisotopic (exact) mass is 388 g/mol. The third kappa shape index (κ3) is 5.83. The highest BCUT2D eigenvalue weighted by Gasteiger charge is 2.41. The second-order valence-corrected chi connectivity index (χ2v) is 9.06. The molecule has 1 aliphatic heterocycles. The number of hydrogen-bond donors (Lipinski definition) is 2. The second-order valence-electron chi connectivity index (χ2n) is 8.19. The summed E-state index contributed by atoms with van der Waals surface area (Å²) >= 11 is 11.9. The Morgan fingerprint density at radius 3 is 2.52 bits per heavy atom. The van der Waals surface area contributed by atoms with Crippen LogP contribution >= 0.6 is 23.2 Å². The smallest absolute Gasteiger partial charge is 0.251 e. The Kier molecular flexibility index (Phi) is 6.74. The van der Waals surface area contributed by atoms with Crippen LogP contribution in [0.1, 0.15) is 50.4 Å². The average molecular weight is 389 g/mol. The van der Waals surface area contributed by atoms with Crippen molar-refractivity contribution in [2.45, 2.75) is 46.2 Å². The molecule has 1 saturated heterocycles. The Morgan fingerprint density at radius 1 is 1.32 bits per heavy atom. The molecule has 2 rings (SSSR count). The van der Waals surface area contributed by atoms with Crippen LogP contribution in [0.3, 0.4) is 0 Å². The van der Waals surface area contributed by atoms with Crippen molar-refractivity contribution in [1.82, 2.24) is 10.6 Å². The molecule has 25 heavy (non-hydrogen) atoms. The van der Waals surface area contributed by atoms with Gasteiger partial charge in [-0.3, -0.25) is 4.79 Å². The van der Waals surface area contributed by atoms with Gasteiger partial charge in [-0.15, -0.1) is 0 Å². The summed E-state index contributed by atoms with van der Waals surface area (Å²) in [5.74, 6) is -0.273. The molecule has 1 aromatic carbocycles. The molecule has 1 aromatic rings. The molecule has 140 valence electrons. The maximum absolute atomic E-state index is 14.8. The number of halogens is 3. The molecule has 1 fully saturated rings. The van der Waals surface area contributed by atoms with Gasteiger partial charge in [0.15, 0.2) is 0 Å². The first kappa shape index (κ1) is 20.5. The number of hydrogen-bond acceptors (Lipinski definition) is 2. The molecule has 1 aliphatic rings. The van der Waals surface area contributed by atoms with Crippen LogP contribution in [-0.4, -0.2) is 31.7 Å². The fourth-order valence-electron chi connectivity index (χ4n) is 3.18. The van der Waals surface area contributed by atoms with Gasteiger partial charge in [0.25, 0.3) is 5.91 Å². The Morgan fingerprint density at radius 2 is 1.96 bits per heavy atom. The van der Waals surface area contributed by atoms with Crippen LogP contribution in [0, 0.1) is 10.8 Å². The minimum atomic E-state index is -0.980. The lowest BCUT2D eigenvalue weighted by atomic mass is 9.70. The predicted octanol–water partition coefficient (Wildman–Crippen LogP) is 4.87. The highest BCUT2D eigenvalue weighted by molar-refractivity contribution is 6.35. The molecule has 0 radical (unpaired) electrons. The van der Waals surface area contributed by atoms with Gasteiger partial charge >= 0.3 is 0 Å². The zero-order valence-corrected chi connectivity index (χ0v) is 16.6. The van der Waals surface area contributed by atoms with Crippen molar-refractivity contribution in [1.29, 1.82) is 0 Å². The minimum absolute atomic E-state index is 0.127. The summed E-state index contributed by atoms with van der Waals surface area (Å²) in [5, 5.41) is 6.82. The molecule has 3 nitrogen and oxygen atoms in total. The van der Waals surface area contributed by atoms with E-state index in [4.69, 9.17) is 23.2 Å². The number of benzene rings is 1. The van der Waals surface area contributed by atoms with Crippen molar-refractivity contribution in [2.24, 2.45) is 10.8 Å². The van der Waals surface area contributed by atoms with Crippen molar-refractivity contribution >= 4 is 29.1 Å². The fraction of sp³-hybridized carbons (Fsp3) is 0.632. The van der Waals surface area contributed by atoms with E-state index in [0.29, 0.717) is 35.1 Å². The summed E-state index contributed by atoms with van der Waals surface area (Å²) < 4.78 is 14.8. The molecular formula is C19H27Cl2FN2O. The first-order chi connectivity index (χ1) is 11.6. The zero-order valence-electron chi connectivity index (χ0n) is 15.1. The number of carbonyl (C=O) groups is 1. The van der Waals surface area contributed by atoms with Crippen molar-refractivity contribution in [2.75, 3.05) is 19.6 Å². The number of rotatable bonds is 5. The van der Waals surface area contributed by atoms with Gasteiger partial charge in [-0.25, -0.2) is 4.39 Å². The largest absolute Gasteiger partial charge is 0.351 e. The molecule has 2 N–H and O–H groups in total. The third-order valence-corrected chi connectivity index (χ3v) is 5.32. The van der Waals surface area contributed by atoms with E-state index in [-0.39, 0.29) is 11.3 Å². The zero-order chi connectivity index (χ0) is 18.7. The number of alkyl halides is 1. The van der Waals surface area contributed by atoms with E-state index in [1.54, 1.807) is 18.2 Å². The summed E-state index contributed by atoms with van der Waals surface area (Å²) in [5.41, 5.74) is -0.00800. The minimum Gasteiger partial charge on any atom is -0.351 e. The Bertz CT molecular complexity index is 598. The lowest BCUT2D eigenvalue weighted by Crippen LogP contribution is -2.52. The van der Waals surface area contributed by atoms with Crippen LogP contribution in [0.15, 0.2) is 18.2 Å². The lowest BCUT2D eigenvalue weighted by molar-refractivity contribution is 0.0447. The van der Waals surface area contributed by atoms with Gasteiger partial charge in [0.05, 0.1) is 0 Å². The summed E-state index contributed by atoms with van der Waals surface area (Å²) in [6.45, 7) is 7.88. The fourth-order valence-corrected chi connectivity index (χ4v) is 3.70. The van der Waals surface area contributed by atoms with Crippen LogP contribution in [0.4, 0.5) is 4.39 Å². The van der Waals surface area contributed by atoms with E-state index >= 15 is 0 Å². The molecule has 6 heteroatoms. The van der Waals surface area contributed by atoms with Crippen LogP contribution in [0.25, 0.3) is 0 Å². The molecule has 0 unspecified atom stereocenters. The van der Waals surface area contributed by atoms with Gasteiger partial charge in [0.1, 0.15) is 6.17 Å². The molecule has 1 amide bonds. The predicted molar refractivity (Wildman–Crippen MR) is 102 cm³/mol. The van der Waals surface area contributed by atoms with Gasteiger partial charge < -0.3 is 10.6 Å². The molecular weight excluding hydrogens is 362 g/mol. The SMILES string of the molecule is CC(C)(C)CC[C@@]1(CNC(=O)c2cc(Cl)cc(Cl)c2)CCNC[C@@H]1F. The molecule has 0 aliphatic carbocycles. The number of amides is 1. The number of piperidine rings is 1. The summed E-state index contributed by atoms with van der Waals surface area (Å²) in [4.78, 5) is 12.5. The van der Waals surface area contributed by atoms with E-state index in [0.717, 1.165) is 19.4 Å². The molecule has 0 bridgehead atoms. The quantitative estimate of drug-likeness (QED) is 0.755. The van der Waals surface area contributed by atoms with Gasteiger partial charge in [-0.05, 0) is 49.4 Å². The van der Waals surface area contributed by atoms with Crippen LogP contribution < -0.4 is 10.6 Å². The summed E-state index contributed by atoms with van der Waals surface area (Å²) in [6.07, 6.45) is 1.38. The van der Waals surface area contributed by atoms with E-state index in [9.17, 15) is 9.18 Å². The first-order valence-electron chi connectivity index (χ1n) is 8.70. The number of nitrogens with one attached hydrogen (secondary N) is 2. The van der Waals surface area contributed by atoms with E-state index in [1.165, 1.54) is 0 Å². The second kappa shape index (κ2) is 8.24. The highest BCUT2D eigenvalue weighted by Crippen LogP contribution is 2.39. The van der Waals surface area contributed by atoms with Gasteiger partial charge in [0.2, 0.25) is 0 Å². The topological polar surface area (TPSA) is 41.1 Å². The summed E-state index contributed by atoms with van der Waals surface area (Å²) in [7, 11) is 0. The first-order valence-corrected chi connectivity index (χ1v) is 9.46. The van der Waals surface area contributed by atoms with E-state index in [2.05, 4.69) is 31.4 Å². The molecule has 2 atom stereocenters. The Hall–Kier alpha value is -0.840. The van der Waals surface area contributed by atoms with Gasteiger partial charge in [-0.2, -0.15) is 0 Å². The highest BCUT2D eigenvalue weighted by atomic mass is 35.5. The lowest BCUT2D eigenvalue weighted by Gasteiger charge is -2.42. The van der Waals surface area contributed by atoms with Crippen molar-refractivity contribution in [3.63, 3.8) is 0 Å². The molecule has 0 saturated carbocycles. The van der Waals surface area contributed by atoms with Gasteiger partial charge in [0, 0.05) is 34.1 Å². The average Bonchev–Trinajstić information content (AvgIpc) is 2.51. The van der Waals surface area contributed by atoms with Crippen LogP contribution in [-0.2, 0) is 0 Å². The van der Waals surface area contributed by atoms with Crippen LogP contribution in [0.2, 0.25) is 10.0 Å². The Balaban J connectivity index is 2.09. The maximum Gasteiger partial charge on any atom is 0.251 e. The van der Waals surface area contributed by atoms with E-state index in [1.807, 2.05) is 0 Å². The van der Waals surface area contributed by atoms with Crippen molar-refractivity contribution < 1.29 is 9.18 Å². The van der Waals surface area contributed by atoms with Crippen LogP contribution in [0.5, 0.6) is 0 Å². The Labute approximate surface area is 159 Å². The standard InChI is InChI=1S/C19H27Cl2FN2O/c1-18(2,3)4-5-19(6-7-23-11-16(19)22)12-24-17(25)13-8-14(20)10-15(21)9-13/h8-10,16,23H,4-7,11-12H2,1-3H3,(H,24,25)/t16-,19-/m0/s1. The van der Waals surface area contributed by atoms with Crippen molar-refractivity contribution in [3.05, 3.63) is 33.8 Å². The number of carbonyl (C=O) groups excluding carboxylic acids is 1. The van der Waals surface area contributed by atoms with Crippen molar-refractivity contribution in [3.8, 4) is 0 Å². The molecule has 0 spiro atoms. The normalized spacial score (nSPS) is 24.2. The van der Waals surface area contributed by atoms with Gasteiger partial charge in [-0.1, -0.05) is 44.0 Å². The molecule has 1 heterocycles. The maximum atomic E-state index is 14.8.